The molecule has 1 unspecified atom stereocenters. The summed E-state index contributed by atoms with van der Waals surface area (Å²) in [5.74, 6) is -1.19. The lowest BCUT2D eigenvalue weighted by Gasteiger charge is -2.14. The third-order valence-electron chi connectivity index (χ3n) is 2.68. The van der Waals surface area contributed by atoms with Crippen LogP contribution in [0.4, 0.5) is 0 Å². The maximum atomic E-state index is 12.2. The van der Waals surface area contributed by atoms with E-state index in [1.165, 1.54) is 33.7 Å². The maximum absolute atomic E-state index is 12.2. The van der Waals surface area contributed by atoms with Gasteiger partial charge in [0.05, 0.1) is 0 Å². The van der Waals surface area contributed by atoms with Gasteiger partial charge >= 0.3 is 5.97 Å². The maximum Gasteiger partial charge on any atom is 0.346 e. The molecule has 0 bridgehead atoms. The lowest BCUT2D eigenvalue weighted by molar-refractivity contribution is -0.144. The van der Waals surface area contributed by atoms with Crippen molar-refractivity contribution in [2.45, 2.75) is 30.0 Å². The standard InChI is InChI=1S/C14H16N2O4S2/c1-2-5-10(21-22-11-6-3-4-9-15-11)14(19)20-16-12(17)7-8-13(16)18/h3-4,6-10,17-18H,2,5H2,1H3. The van der Waals surface area contributed by atoms with Gasteiger partial charge in [-0.1, -0.05) is 30.2 Å². The first-order valence-electron chi connectivity index (χ1n) is 6.68. The Kier molecular flexibility index (Phi) is 6.02. The Hall–Kier alpha value is -1.80. The zero-order valence-electron chi connectivity index (χ0n) is 11.9. The minimum absolute atomic E-state index is 0.330. The predicted molar refractivity (Wildman–Crippen MR) is 85.7 cm³/mol. The first kappa shape index (κ1) is 16.6. The van der Waals surface area contributed by atoms with Gasteiger partial charge in [-0.3, -0.25) is 0 Å². The number of carbonyl (C=O) groups is 1. The number of aromatic nitrogens is 2. The largest absolute Gasteiger partial charge is 0.492 e. The van der Waals surface area contributed by atoms with Crippen molar-refractivity contribution in [3.63, 3.8) is 0 Å². The van der Waals surface area contributed by atoms with Crippen LogP contribution in [0.2, 0.25) is 0 Å². The van der Waals surface area contributed by atoms with Gasteiger partial charge in [0.15, 0.2) is 0 Å². The molecule has 0 radical (unpaired) electrons. The van der Waals surface area contributed by atoms with Crippen LogP contribution >= 0.6 is 21.6 Å². The second kappa shape index (κ2) is 8.00. The highest BCUT2D eigenvalue weighted by Crippen LogP contribution is 2.35. The molecule has 0 aliphatic rings. The van der Waals surface area contributed by atoms with Gasteiger partial charge in [-0.2, -0.15) is 0 Å². The van der Waals surface area contributed by atoms with Crippen LogP contribution in [0.3, 0.4) is 0 Å². The molecule has 2 rings (SSSR count). The van der Waals surface area contributed by atoms with E-state index < -0.39 is 11.2 Å². The Morgan fingerprint density at radius 1 is 1.32 bits per heavy atom. The molecular formula is C14H16N2O4S2. The van der Waals surface area contributed by atoms with Gasteiger partial charge in [-0.15, -0.1) is 4.73 Å². The van der Waals surface area contributed by atoms with Crippen LogP contribution in [0.5, 0.6) is 11.8 Å². The van der Waals surface area contributed by atoms with E-state index in [1.807, 2.05) is 25.1 Å². The van der Waals surface area contributed by atoms with Gasteiger partial charge in [0.2, 0.25) is 11.8 Å². The average molecular weight is 340 g/mol. The quantitative estimate of drug-likeness (QED) is 0.750. The molecule has 0 fully saturated rings. The highest BCUT2D eigenvalue weighted by Gasteiger charge is 2.23. The van der Waals surface area contributed by atoms with Gasteiger partial charge < -0.3 is 15.1 Å². The molecule has 2 aromatic heterocycles. The minimum atomic E-state index is -0.530. The number of hydrogen-bond acceptors (Lipinski definition) is 7. The SMILES string of the molecule is CCCC(SSc1ccccn1)C(=O)On1c(O)ccc1O. The number of hydrogen-bond donors (Lipinski definition) is 2. The molecule has 118 valence electrons. The molecule has 0 aliphatic heterocycles. The lowest BCUT2D eigenvalue weighted by Crippen LogP contribution is -2.28. The van der Waals surface area contributed by atoms with Crippen LogP contribution < -0.4 is 4.84 Å². The molecule has 1 atom stereocenters. The molecule has 2 N–H and O–H groups in total. The Labute approximate surface area is 135 Å². The molecule has 0 aromatic carbocycles. The van der Waals surface area contributed by atoms with E-state index in [9.17, 15) is 15.0 Å². The monoisotopic (exact) mass is 340 g/mol. The van der Waals surface area contributed by atoms with Crippen LogP contribution in [0.1, 0.15) is 19.8 Å². The molecule has 8 heteroatoms. The van der Waals surface area contributed by atoms with Crippen molar-refractivity contribution in [1.82, 2.24) is 9.71 Å². The van der Waals surface area contributed by atoms with E-state index in [2.05, 4.69) is 4.98 Å². The highest BCUT2D eigenvalue weighted by atomic mass is 33.1. The third-order valence-corrected chi connectivity index (χ3v) is 5.35. The minimum Gasteiger partial charge on any atom is -0.492 e. The van der Waals surface area contributed by atoms with E-state index in [0.29, 0.717) is 11.2 Å². The van der Waals surface area contributed by atoms with Gasteiger partial charge in [-0.25, -0.2) is 9.78 Å². The fraction of sp³-hybridized carbons (Fsp3) is 0.286. The highest BCUT2D eigenvalue weighted by molar-refractivity contribution is 8.77. The number of rotatable bonds is 7. The first-order chi connectivity index (χ1) is 10.6. The molecule has 22 heavy (non-hydrogen) atoms. The summed E-state index contributed by atoms with van der Waals surface area (Å²) < 4.78 is 0.705. The van der Waals surface area contributed by atoms with Crippen molar-refractivity contribution in [3.05, 3.63) is 36.5 Å². The normalized spacial score (nSPS) is 12.0. The summed E-state index contributed by atoms with van der Waals surface area (Å²) in [6.07, 6.45) is 3.11. The fourth-order valence-corrected chi connectivity index (χ4v) is 3.99. The van der Waals surface area contributed by atoms with Crippen molar-refractivity contribution in [1.29, 1.82) is 0 Å². The van der Waals surface area contributed by atoms with Crippen molar-refractivity contribution in [2.24, 2.45) is 0 Å². The second-order valence-corrected chi connectivity index (χ2v) is 6.80. The van der Waals surface area contributed by atoms with E-state index >= 15 is 0 Å². The van der Waals surface area contributed by atoms with Gasteiger partial charge in [0.1, 0.15) is 10.3 Å². The summed E-state index contributed by atoms with van der Waals surface area (Å²) in [6.45, 7) is 1.97. The molecule has 6 nitrogen and oxygen atoms in total. The molecule has 2 aromatic rings. The first-order valence-corrected chi connectivity index (χ1v) is 8.89. The fourth-order valence-electron chi connectivity index (χ4n) is 1.62. The molecule has 0 saturated carbocycles. The second-order valence-electron chi connectivity index (χ2n) is 4.38. The third kappa shape index (κ3) is 4.35. The summed E-state index contributed by atoms with van der Waals surface area (Å²) in [7, 11) is 2.73. The lowest BCUT2D eigenvalue weighted by atomic mass is 10.2. The summed E-state index contributed by atoms with van der Waals surface area (Å²) >= 11 is 0. The summed E-state index contributed by atoms with van der Waals surface area (Å²) in [5, 5.41) is 19.4. The molecule has 2 heterocycles. The van der Waals surface area contributed by atoms with E-state index in [-0.39, 0.29) is 11.8 Å². The Balaban J connectivity index is 1.99. The Morgan fingerprint density at radius 2 is 2.05 bits per heavy atom. The smallest absolute Gasteiger partial charge is 0.346 e. The summed E-state index contributed by atoms with van der Waals surface area (Å²) in [5.41, 5.74) is 0. The Morgan fingerprint density at radius 3 is 2.64 bits per heavy atom. The van der Waals surface area contributed by atoms with Crippen molar-refractivity contribution < 1.29 is 19.8 Å². The Bertz CT molecular complexity index is 599. The van der Waals surface area contributed by atoms with Gasteiger partial charge in [0, 0.05) is 18.3 Å². The van der Waals surface area contributed by atoms with Crippen LogP contribution in [0.15, 0.2) is 41.6 Å². The zero-order valence-corrected chi connectivity index (χ0v) is 13.5. The molecular weight excluding hydrogens is 324 g/mol. The van der Waals surface area contributed by atoms with Gasteiger partial charge in [0.25, 0.3) is 0 Å². The zero-order chi connectivity index (χ0) is 15.9. The summed E-state index contributed by atoms with van der Waals surface area (Å²) in [6, 6.07) is 8.04. The summed E-state index contributed by atoms with van der Waals surface area (Å²) in [4.78, 5) is 21.4. The molecule has 0 aliphatic carbocycles. The average Bonchev–Trinajstić information content (AvgIpc) is 2.84. The van der Waals surface area contributed by atoms with Crippen LogP contribution in [0.25, 0.3) is 0 Å². The van der Waals surface area contributed by atoms with Gasteiger partial charge in [-0.05, 0) is 29.3 Å². The van der Waals surface area contributed by atoms with Crippen molar-refractivity contribution in [3.8, 4) is 11.8 Å². The van der Waals surface area contributed by atoms with Crippen LogP contribution in [-0.2, 0) is 4.79 Å². The van der Waals surface area contributed by atoms with E-state index in [4.69, 9.17) is 4.84 Å². The molecule has 0 spiro atoms. The number of aromatic hydroxyl groups is 2. The van der Waals surface area contributed by atoms with Crippen LogP contribution in [-0.4, -0.2) is 31.1 Å². The topological polar surface area (TPSA) is 84.6 Å². The predicted octanol–water partition coefficient (Wildman–Crippen LogP) is 2.86. The van der Waals surface area contributed by atoms with E-state index in [1.54, 1.807) is 6.20 Å². The van der Waals surface area contributed by atoms with Crippen LogP contribution in [0, 0.1) is 0 Å². The molecule has 0 amide bonds. The van der Waals surface area contributed by atoms with Crippen molar-refractivity contribution >= 4 is 27.6 Å². The van der Waals surface area contributed by atoms with E-state index in [0.717, 1.165) is 11.4 Å². The number of carbonyl (C=O) groups excluding carboxylic acids is 1. The number of pyridine rings is 1. The molecule has 0 saturated heterocycles. The van der Waals surface area contributed by atoms with Crippen molar-refractivity contribution in [2.75, 3.05) is 0 Å². The number of nitrogens with zero attached hydrogens (tertiary/aromatic N) is 2.